The van der Waals surface area contributed by atoms with Gasteiger partial charge >= 0.3 is 5.97 Å². The molecule has 0 fully saturated rings. The molecule has 2 aromatic heterocycles. The molecule has 0 spiro atoms. The molecular weight excluding hydrogens is 330 g/mol. The van der Waals surface area contributed by atoms with Gasteiger partial charge in [0.05, 0.1) is 31.9 Å². The maximum Gasteiger partial charge on any atom is 0.316 e. The lowest BCUT2D eigenvalue weighted by atomic mass is 10.3. The van der Waals surface area contributed by atoms with Gasteiger partial charge in [-0.2, -0.15) is 0 Å². The number of hydrogen-bond donors (Lipinski definition) is 0. The van der Waals surface area contributed by atoms with Crippen molar-refractivity contribution in [3.63, 3.8) is 0 Å². The van der Waals surface area contributed by atoms with Crippen LogP contribution >= 0.6 is 11.8 Å². The highest BCUT2D eigenvalue weighted by Crippen LogP contribution is 2.29. The number of furan rings is 1. The standard InChI is InChI=1S/C16H15N3O4S/c1-21-12-7-5-11(6-8-12)19-15(13-4-3-9-23-13)17-18-16(19)24-10-14(20)22-2/h3-9H,10H2,1-2H3. The molecule has 0 atom stereocenters. The lowest BCUT2D eigenvalue weighted by molar-refractivity contribution is -0.137. The maximum atomic E-state index is 11.4. The molecule has 0 amide bonds. The summed E-state index contributed by atoms with van der Waals surface area (Å²) in [6.07, 6.45) is 1.57. The third-order valence-corrected chi connectivity index (χ3v) is 4.15. The molecule has 3 rings (SSSR count). The molecule has 7 nitrogen and oxygen atoms in total. The topological polar surface area (TPSA) is 79.4 Å². The van der Waals surface area contributed by atoms with Crippen LogP contribution in [0.4, 0.5) is 0 Å². The number of aromatic nitrogens is 3. The molecule has 1 aromatic carbocycles. The van der Waals surface area contributed by atoms with Crippen molar-refractivity contribution in [2.45, 2.75) is 5.16 Å². The van der Waals surface area contributed by atoms with Gasteiger partial charge in [0.2, 0.25) is 5.82 Å². The van der Waals surface area contributed by atoms with Gasteiger partial charge in [-0.1, -0.05) is 11.8 Å². The average Bonchev–Trinajstić information content (AvgIpc) is 3.28. The second-order valence-corrected chi connectivity index (χ2v) is 5.62. The Morgan fingerprint density at radius 2 is 2.00 bits per heavy atom. The van der Waals surface area contributed by atoms with E-state index in [2.05, 4.69) is 14.9 Å². The number of rotatable bonds is 6. The van der Waals surface area contributed by atoms with Crippen LogP contribution in [0.2, 0.25) is 0 Å². The molecule has 0 bridgehead atoms. The zero-order valence-electron chi connectivity index (χ0n) is 13.1. The van der Waals surface area contributed by atoms with E-state index in [9.17, 15) is 4.79 Å². The SMILES string of the molecule is COC(=O)CSc1nnc(-c2ccco2)n1-c1ccc(OC)cc1. The Hall–Kier alpha value is -2.74. The van der Waals surface area contributed by atoms with Crippen LogP contribution < -0.4 is 4.74 Å². The number of carbonyl (C=O) groups is 1. The van der Waals surface area contributed by atoms with Gasteiger partial charge in [-0.15, -0.1) is 10.2 Å². The van der Waals surface area contributed by atoms with Crippen molar-refractivity contribution in [1.29, 1.82) is 0 Å². The number of nitrogens with zero attached hydrogens (tertiary/aromatic N) is 3. The molecule has 0 radical (unpaired) electrons. The van der Waals surface area contributed by atoms with E-state index < -0.39 is 0 Å². The number of esters is 1. The summed E-state index contributed by atoms with van der Waals surface area (Å²) in [6.45, 7) is 0. The van der Waals surface area contributed by atoms with E-state index in [4.69, 9.17) is 9.15 Å². The lowest BCUT2D eigenvalue weighted by Gasteiger charge is -2.09. The Bertz CT molecular complexity index is 812. The maximum absolute atomic E-state index is 11.4. The second kappa shape index (κ2) is 7.22. The number of thioether (sulfide) groups is 1. The molecule has 0 saturated heterocycles. The summed E-state index contributed by atoms with van der Waals surface area (Å²) in [4.78, 5) is 11.4. The summed E-state index contributed by atoms with van der Waals surface area (Å²) in [5.41, 5.74) is 0.833. The van der Waals surface area contributed by atoms with E-state index in [1.807, 2.05) is 28.8 Å². The normalized spacial score (nSPS) is 10.6. The van der Waals surface area contributed by atoms with Gasteiger partial charge in [0.1, 0.15) is 5.75 Å². The first-order chi connectivity index (χ1) is 11.7. The highest BCUT2D eigenvalue weighted by molar-refractivity contribution is 7.99. The molecule has 0 N–H and O–H groups in total. The van der Waals surface area contributed by atoms with E-state index in [1.165, 1.54) is 18.9 Å². The minimum Gasteiger partial charge on any atom is -0.497 e. The monoisotopic (exact) mass is 345 g/mol. The fourth-order valence-corrected chi connectivity index (χ4v) is 2.86. The quantitative estimate of drug-likeness (QED) is 0.502. The van der Waals surface area contributed by atoms with Crippen LogP contribution in [-0.2, 0) is 9.53 Å². The third-order valence-electron chi connectivity index (χ3n) is 3.25. The summed E-state index contributed by atoms with van der Waals surface area (Å²) in [7, 11) is 2.96. The molecule has 0 aliphatic heterocycles. The van der Waals surface area contributed by atoms with Crippen LogP contribution in [0.3, 0.4) is 0 Å². The Labute approximate surface area is 142 Å². The van der Waals surface area contributed by atoms with Gasteiger partial charge in [-0.05, 0) is 36.4 Å². The Kier molecular flexibility index (Phi) is 4.85. The van der Waals surface area contributed by atoms with Crippen LogP contribution in [-0.4, -0.2) is 40.7 Å². The van der Waals surface area contributed by atoms with Gasteiger partial charge in [0.15, 0.2) is 10.9 Å². The predicted octanol–water partition coefficient (Wildman–Crippen LogP) is 2.80. The van der Waals surface area contributed by atoms with Crippen LogP contribution in [0.5, 0.6) is 5.75 Å². The number of benzene rings is 1. The first-order valence-electron chi connectivity index (χ1n) is 7.06. The van der Waals surface area contributed by atoms with Gasteiger partial charge in [0, 0.05) is 0 Å². The molecule has 0 unspecified atom stereocenters. The summed E-state index contributed by atoms with van der Waals surface area (Å²) in [5.74, 6) is 1.70. The number of hydrogen-bond acceptors (Lipinski definition) is 7. The molecule has 0 aliphatic rings. The third kappa shape index (κ3) is 3.28. The van der Waals surface area contributed by atoms with Crippen LogP contribution in [0.15, 0.2) is 52.2 Å². The smallest absolute Gasteiger partial charge is 0.316 e. The highest BCUT2D eigenvalue weighted by atomic mass is 32.2. The average molecular weight is 345 g/mol. The summed E-state index contributed by atoms with van der Waals surface area (Å²) >= 11 is 1.24. The minimum atomic E-state index is -0.330. The van der Waals surface area contributed by atoms with Crippen LogP contribution in [0.1, 0.15) is 0 Å². The van der Waals surface area contributed by atoms with E-state index in [-0.39, 0.29) is 11.7 Å². The number of ether oxygens (including phenoxy) is 2. The highest BCUT2D eigenvalue weighted by Gasteiger charge is 2.19. The molecule has 8 heteroatoms. The van der Waals surface area contributed by atoms with Crippen molar-refractivity contribution in [2.24, 2.45) is 0 Å². The van der Waals surface area contributed by atoms with Crippen molar-refractivity contribution >= 4 is 17.7 Å². The number of methoxy groups -OCH3 is 2. The van der Waals surface area contributed by atoms with Crippen LogP contribution in [0, 0.1) is 0 Å². The fourth-order valence-electron chi connectivity index (χ4n) is 2.08. The lowest BCUT2D eigenvalue weighted by Crippen LogP contribution is -2.05. The van der Waals surface area contributed by atoms with Crippen molar-refractivity contribution in [2.75, 3.05) is 20.0 Å². The predicted molar refractivity (Wildman–Crippen MR) is 88.4 cm³/mol. The van der Waals surface area contributed by atoms with E-state index in [0.717, 1.165) is 11.4 Å². The molecular formula is C16H15N3O4S. The molecule has 124 valence electrons. The molecule has 24 heavy (non-hydrogen) atoms. The van der Waals surface area contributed by atoms with Gasteiger partial charge in [0.25, 0.3) is 0 Å². The van der Waals surface area contributed by atoms with E-state index in [1.54, 1.807) is 25.5 Å². The Balaban J connectivity index is 2.01. The largest absolute Gasteiger partial charge is 0.497 e. The zero-order valence-corrected chi connectivity index (χ0v) is 13.9. The second-order valence-electron chi connectivity index (χ2n) is 4.68. The first-order valence-corrected chi connectivity index (χ1v) is 8.05. The van der Waals surface area contributed by atoms with E-state index >= 15 is 0 Å². The molecule has 2 heterocycles. The fraction of sp³-hybridized carbons (Fsp3) is 0.188. The molecule has 0 saturated carbocycles. The molecule has 3 aromatic rings. The number of carbonyl (C=O) groups excluding carboxylic acids is 1. The molecule has 0 aliphatic carbocycles. The minimum absolute atomic E-state index is 0.142. The summed E-state index contributed by atoms with van der Waals surface area (Å²) in [6, 6.07) is 11.0. The van der Waals surface area contributed by atoms with Gasteiger partial charge in [-0.25, -0.2) is 0 Å². The van der Waals surface area contributed by atoms with Crippen molar-refractivity contribution < 1.29 is 18.7 Å². The summed E-state index contributed by atoms with van der Waals surface area (Å²) in [5, 5.41) is 8.94. The first kappa shape index (κ1) is 16.1. The summed E-state index contributed by atoms with van der Waals surface area (Å²) < 4.78 is 17.1. The Morgan fingerprint density at radius 3 is 2.62 bits per heavy atom. The van der Waals surface area contributed by atoms with Crippen molar-refractivity contribution in [1.82, 2.24) is 14.8 Å². The van der Waals surface area contributed by atoms with Gasteiger partial charge < -0.3 is 13.9 Å². The van der Waals surface area contributed by atoms with Crippen molar-refractivity contribution in [3.05, 3.63) is 42.7 Å². The van der Waals surface area contributed by atoms with Gasteiger partial charge in [-0.3, -0.25) is 9.36 Å². The van der Waals surface area contributed by atoms with E-state index in [0.29, 0.717) is 16.7 Å². The van der Waals surface area contributed by atoms with Crippen LogP contribution in [0.25, 0.3) is 17.3 Å². The zero-order chi connectivity index (χ0) is 16.9. The Morgan fingerprint density at radius 1 is 1.21 bits per heavy atom. The van der Waals surface area contributed by atoms with Crippen molar-refractivity contribution in [3.8, 4) is 23.0 Å².